The van der Waals surface area contributed by atoms with Crippen LogP contribution in [-0.2, 0) is 6.18 Å². The van der Waals surface area contributed by atoms with Crippen LogP contribution in [0.5, 0.6) is 0 Å². The number of carbonyl (C=O) groups is 1. The fourth-order valence-corrected chi connectivity index (χ4v) is 2.31. The van der Waals surface area contributed by atoms with Gasteiger partial charge in [-0.1, -0.05) is 13.8 Å². The summed E-state index contributed by atoms with van der Waals surface area (Å²) in [6.07, 6.45) is -2.33. The third kappa shape index (κ3) is 4.16. The van der Waals surface area contributed by atoms with Gasteiger partial charge in [0.2, 0.25) is 0 Å². The Morgan fingerprint density at radius 1 is 1.28 bits per heavy atom. The van der Waals surface area contributed by atoms with Crippen LogP contribution in [0, 0.1) is 0 Å². The highest BCUT2D eigenvalue weighted by Gasteiger charge is 2.31. The van der Waals surface area contributed by atoms with Gasteiger partial charge in [-0.3, -0.25) is 4.79 Å². The molecule has 6 nitrogen and oxygen atoms in total. The number of alkyl halides is 3. The van der Waals surface area contributed by atoms with Crippen molar-refractivity contribution in [2.24, 2.45) is 5.73 Å². The largest absolute Gasteiger partial charge is 0.417 e. The zero-order valence-corrected chi connectivity index (χ0v) is 14.1. The predicted molar refractivity (Wildman–Crippen MR) is 86.4 cm³/mol. The molecule has 0 fully saturated rings. The number of nitrogens with two attached hydrogens (primary N) is 1. The summed E-state index contributed by atoms with van der Waals surface area (Å²) in [7, 11) is 0. The number of aromatic nitrogens is 3. The number of nitrogens with zero attached hydrogens (tertiary/aromatic N) is 3. The van der Waals surface area contributed by atoms with E-state index in [4.69, 9.17) is 5.73 Å². The van der Waals surface area contributed by atoms with Crippen LogP contribution in [0.2, 0.25) is 0 Å². The third-order valence-electron chi connectivity index (χ3n) is 3.62. The second-order valence-corrected chi connectivity index (χ2v) is 6.02. The van der Waals surface area contributed by atoms with E-state index in [0.29, 0.717) is 11.3 Å². The number of hydrogen-bond acceptors (Lipinski definition) is 4. The number of carbonyl (C=O) groups excluding carboxylic acids is 1. The van der Waals surface area contributed by atoms with E-state index in [9.17, 15) is 18.0 Å². The van der Waals surface area contributed by atoms with Crippen molar-refractivity contribution >= 4 is 5.91 Å². The van der Waals surface area contributed by atoms with Crippen LogP contribution < -0.4 is 11.1 Å². The predicted octanol–water partition coefficient (Wildman–Crippen LogP) is 2.49. The fourth-order valence-electron chi connectivity index (χ4n) is 2.31. The van der Waals surface area contributed by atoms with Crippen molar-refractivity contribution in [1.29, 1.82) is 0 Å². The van der Waals surface area contributed by atoms with Crippen molar-refractivity contribution in [3.8, 4) is 5.82 Å². The highest BCUT2D eigenvalue weighted by molar-refractivity contribution is 5.95. The average Bonchev–Trinajstić information content (AvgIpc) is 2.99. The van der Waals surface area contributed by atoms with E-state index in [1.165, 1.54) is 16.9 Å². The van der Waals surface area contributed by atoms with E-state index in [1.807, 2.05) is 13.8 Å². The Bertz CT molecular complexity index is 737. The van der Waals surface area contributed by atoms with Crippen molar-refractivity contribution in [2.75, 3.05) is 6.54 Å². The molecule has 1 atom stereocenters. The molecular formula is C16H20F3N5O. The molecule has 2 aromatic rings. The molecule has 0 aromatic carbocycles. The van der Waals surface area contributed by atoms with Crippen LogP contribution in [0.4, 0.5) is 13.2 Å². The van der Waals surface area contributed by atoms with Crippen LogP contribution >= 0.6 is 0 Å². The maximum absolute atomic E-state index is 12.7. The second-order valence-electron chi connectivity index (χ2n) is 6.02. The molecule has 0 unspecified atom stereocenters. The fraction of sp³-hybridized carbons (Fsp3) is 0.438. The molecule has 0 aliphatic heterocycles. The minimum atomic E-state index is -4.46. The Balaban J connectivity index is 2.41. The molecule has 3 N–H and O–H groups in total. The molecule has 0 aliphatic carbocycles. The van der Waals surface area contributed by atoms with E-state index in [1.54, 1.807) is 6.92 Å². The monoisotopic (exact) mass is 355 g/mol. The molecule has 0 spiro atoms. The molecule has 1 amide bonds. The van der Waals surface area contributed by atoms with E-state index >= 15 is 0 Å². The molecule has 136 valence electrons. The molecule has 9 heteroatoms. The first kappa shape index (κ1) is 18.9. The molecule has 2 heterocycles. The molecule has 2 aromatic heterocycles. The highest BCUT2D eigenvalue weighted by atomic mass is 19.4. The number of nitrogens with one attached hydrogen (secondary N) is 1. The van der Waals surface area contributed by atoms with Crippen LogP contribution in [-0.4, -0.2) is 33.3 Å². The van der Waals surface area contributed by atoms with Crippen molar-refractivity contribution in [1.82, 2.24) is 20.1 Å². The zero-order valence-electron chi connectivity index (χ0n) is 14.1. The summed E-state index contributed by atoms with van der Waals surface area (Å²) in [5.41, 5.74) is 5.57. The smallest absolute Gasteiger partial charge is 0.348 e. The van der Waals surface area contributed by atoms with Crippen molar-refractivity contribution in [3.05, 3.63) is 41.3 Å². The minimum absolute atomic E-state index is 0.0967. The van der Waals surface area contributed by atoms with Crippen LogP contribution in [0.15, 0.2) is 24.5 Å². The topological polar surface area (TPSA) is 85.8 Å². The second kappa shape index (κ2) is 7.22. The molecule has 0 aliphatic rings. The third-order valence-corrected chi connectivity index (χ3v) is 3.62. The lowest BCUT2D eigenvalue weighted by Gasteiger charge is -2.15. The Morgan fingerprint density at radius 3 is 2.44 bits per heavy atom. The van der Waals surface area contributed by atoms with Crippen molar-refractivity contribution in [2.45, 2.75) is 38.9 Å². The quantitative estimate of drug-likeness (QED) is 0.863. The lowest BCUT2D eigenvalue weighted by molar-refractivity contribution is -0.137. The summed E-state index contributed by atoms with van der Waals surface area (Å²) in [6, 6.07) is 1.95. The number of amides is 1. The van der Waals surface area contributed by atoms with Crippen LogP contribution in [0.1, 0.15) is 48.3 Å². The minimum Gasteiger partial charge on any atom is -0.348 e. The van der Waals surface area contributed by atoms with Gasteiger partial charge in [-0.25, -0.2) is 9.67 Å². The van der Waals surface area contributed by atoms with Gasteiger partial charge in [-0.2, -0.15) is 18.3 Å². The lowest BCUT2D eigenvalue weighted by atomic mass is 10.0. The number of hydrogen-bond donors (Lipinski definition) is 2. The Kier molecular flexibility index (Phi) is 5.46. The molecule has 0 saturated carbocycles. The Hall–Kier alpha value is -2.42. The van der Waals surface area contributed by atoms with Crippen molar-refractivity contribution in [3.63, 3.8) is 0 Å². The summed E-state index contributed by atoms with van der Waals surface area (Å²) in [5, 5.41) is 6.88. The van der Waals surface area contributed by atoms with E-state index in [0.717, 1.165) is 12.3 Å². The number of halogens is 3. The van der Waals surface area contributed by atoms with Gasteiger partial charge < -0.3 is 11.1 Å². The molecule has 0 bridgehead atoms. The normalized spacial score (nSPS) is 13.1. The summed E-state index contributed by atoms with van der Waals surface area (Å²) in [4.78, 5) is 16.2. The van der Waals surface area contributed by atoms with Gasteiger partial charge >= 0.3 is 6.18 Å². The van der Waals surface area contributed by atoms with Crippen LogP contribution in [0.3, 0.4) is 0 Å². The van der Waals surface area contributed by atoms with Gasteiger partial charge in [0.05, 0.1) is 23.0 Å². The maximum Gasteiger partial charge on any atom is 0.417 e. The average molecular weight is 355 g/mol. The van der Waals surface area contributed by atoms with Gasteiger partial charge in [0.25, 0.3) is 5.91 Å². The standard InChI is InChI=1S/C16H20F3N5O/c1-9(2)14-12(15(25)23-10(3)6-20)8-22-24(14)13-5-4-11(7-21-13)16(17,18)19/h4-5,7-10H,6,20H2,1-3H3,(H,23,25)/t10-/m0/s1. The zero-order chi connectivity index (χ0) is 18.8. The molecular weight excluding hydrogens is 335 g/mol. The van der Waals surface area contributed by atoms with E-state index < -0.39 is 11.7 Å². The Labute approximate surface area is 143 Å². The van der Waals surface area contributed by atoms with Gasteiger partial charge in [0.15, 0.2) is 5.82 Å². The maximum atomic E-state index is 12.7. The summed E-state index contributed by atoms with van der Waals surface area (Å²) < 4.78 is 39.4. The van der Waals surface area contributed by atoms with Gasteiger partial charge in [-0.15, -0.1) is 0 Å². The Morgan fingerprint density at radius 2 is 1.96 bits per heavy atom. The van der Waals surface area contributed by atoms with Crippen molar-refractivity contribution < 1.29 is 18.0 Å². The van der Waals surface area contributed by atoms with E-state index in [-0.39, 0.29) is 30.2 Å². The SMILES string of the molecule is CC(C)c1c(C(=O)N[C@@H](C)CN)cnn1-c1ccc(C(F)(F)F)cn1. The van der Waals surface area contributed by atoms with Gasteiger partial charge in [0.1, 0.15) is 0 Å². The molecule has 25 heavy (non-hydrogen) atoms. The van der Waals surface area contributed by atoms with E-state index in [2.05, 4.69) is 15.4 Å². The van der Waals surface area contributed by atoms with Gasteiger partial charge in [-0.05, 0) is 25.0 Å². The summed E-state index contributed by atoms with van der Waals surface area (Å²) in [5.74, 6) is -0.219. The lowest BCUT2D eigenvalue weighted by Crippen LogP contribution is -2.38. The first-order chi connectivity index (χ1) is 11.6. The first-order valence-electron chi connectivity index (χ1n) is 7.77. The summed E-state index contributed by atoms with van der Waals surface area (Å²) in [6.45, 7) is 5.79. The van der Waals surface area contributed by atoms with Gasteiger partial charge in [0, 0.05) is 18.8 Å². The highest BCUT2D eigenvalue weighted by Crippen LogP contribution is 2.29. The number of rotatable bonds is 5. The van der Waals surface area contributed by atoms with Crippen LogP contribution in [0.25, 0.3) is 5.82 Å². The molecule has 2 rings (SSSR count). The summed E-state index contributed by atoms with van der Waals surface area (Å²) >= 11 is 0. The molecule has 0 radical (unpaired) electrons. The number of pyridine rings is 1. The first-order valence-corrected chi connectivity index (χ1v) is 7.77. The molecule has 0 saturated heterocycles.